The van der Waals surface area contributed by atoms with Gasteiger partial charge in [-0.1, -0.05) is 42.5 Å². The summed E-state index contributed by atoms with van der Waals surface area (Å²) in [5.41, 5.74) is 3.30. The minimum atomic E-state index is 0.0548. The lowest BCUT2D eigenvalue weighted by Crippen LogP contribution is -1.83. The number of allylic oxidation sites excluding steroid dienone is 1. The maximum absolute atomic E-state index is 10.9. The maximum atomic E-state index is 10.9. The summed E-state index contributed by atoms with van der Waals surface area (Å²) in [5, 5.41) is 0. The monoisotopic (exact) mass is 252 g/mol. The van der Waals surface area contributed by atoms with Crippen LogP contribution in [0.5, 0.6) is 5.75 Å². The van der Waals surface area contributed by atoms with Gasteiger partial charge in [0.25, 0.3) is 0 Å². The van der Waals surface area contributed by atoms with Crippen molar-refractivity contribution in [1.82, 2.24) is 0 Å². The lowest BCUT2D eigenvalue weighted by molar-refractivity contribution is -0.112. The van der Waals surface area contributed by atoms with E-state index in [0.29, 0.717) is 0 Å². The summed E-state index contributed by atoms with van der Waals surface area (Å²) >= 11 is 0. The third-order valence-electron chi connectivity index (χ3n) is 2.84. The van der Waals surface area contributed by atoms with Crippen LogP contribution in [0.3, 0.4) is 0 Å². The Bertz CT molecular complexity index is 578. The molecule has 0 saturated carbocycles. The van der Waals surface area contributed by atoms with Gasteiger partial charge in [-0.3, -0.25) is 4.79 Å². The number of ketones is 1. The molecule has 0 aliphatic rings. The molecule has 0 fully saturated rings. The molecule has 2 aromatic rings. The standard InChI is InChI=1S/C17H16O2/c1-13(18)3-4-14-5-7-15(8-6-14)16-9-11-17(19-2)12-10-16/h3-12H,1-2H3/b4-3+. The van der Waals surface area contributed by atoms with Crippen LogP contribution in [0.25, 0.3) is 17.2 Å². The van der Waals surface area contributed by atoms with Gasteiger partial charge in [0.2, 0.25) is 0 Å². The van der Waals surface area contributed by atoms with Crippen molar-refractivity contribution in [3.63, 3.8) is 0 Å². The van der Waals surface area contributed by atoms with Crippen LogP contribution in [0.15, 0.2) is 54.6 Å². The van der Waals surface area contributed by atoms with Crippen molar-refractivity contribution in [2.45, 2.75) is 6.92 Å². The van der Waals surface area contributed by atoms with Gasteiger partial charge >= 0.3 is 0 Å². The maximum Gasteiger partial charge on any atom is 0.152 e. The number of rotatable bonds is 4. The summed E-state index contributed by atoms with van der Waals surface area (Å²) in [6.07, 6.45) is 3.39. The van der Waals surface area contributed by atoms with E-state index in [4.69, 9.17) is 4.74 Å². The summed E-state index contributed by atoms with van der Waals surface area (Å²) in [6, 6.07) is 16.0. The molecule has 0 aromatic heterocycles. The Balaban J connectivity index is 2.19. The van der Waals surface area contributed by atoms with E-state index in [1.807, 2.05) is 54.6 Å². The van der Waals surface area contributed by atoms with E-state index >= 15 is 0 Å². The van der Waals surface area contributed by atoms with Gasteiger partial charge in [-0.2, -0.15) is 0 Å². The van der Waals surface area contributed by atoms with E-state index in [1.54, 1.807) is 20.1 Å². The van der Waals surface area contributed by atoms with E-state index in [1.165, 1.54) is 0 Å². The van der Waals surface area contributed by atoms with Crippen molar-refractivity contribution in [2.75, 3.05) is 7.11 Å². The van der Waals surface area contributed by atoms with Crippen LogP contribution in [-0.4, -0.2) is 12.9 Å². The Morgan fingerprint density at radius 1 is 0.947 bits per heavy atom. The van der Waals surface area contributed by atoms with E-state index in [2.05, 4.69) is 0 Å². The predicted molar refractivity (Wildman–Crippen MR) is 78.1 cm³/mol. The topological polar surface area (TPSA) is 26.3 Å². The molecule has 96 valence electrons. The molecular formula is C17H16O2. The minimum absolute atomic E-state index is 0.0548. The first-order valence-electron chi connectivity index (χ1n) is 6.12. The van der Waals surface area contributed by atoms with Crippen molar-refractivity contribution in [3.05, 3.63) is 60.2 Å². The highest BCUT2D eigenvalue weighted by molar-refractivity contribution is 5.91. The first-order valence-corrected chi connectivity index (χ1v) is 6.12. The molecule has 0 atom stereocenters. The lowest BCUT2D eigenvalue weighted by Gasteiger charge is -2.04. The second-order valence-corrected chi connectivity index (χ2v) is 4.29. The summed E-state index contributed by atoms with van der Waals surface area (Å²) in [4.78, 5) is 10.9. The molecule has 19 heavy (non-hydrogen) atoms. The second-order valence-electron chi connectivity index (χ2n) is 4.29. The molecule has 2 nitrogen and oxygen atoms in total. The number of hydrogen-bond donors (Lipinski definition) is 0. The van der Waals surface area contributed by atoms with Crippen LogP contribution in [0.2, 0.25) is 0 Å². The van der Waals surface area contributed by atoms with E-state index < -0.39 is 0 Å². The average Bonchev–Trinajstić information content (AvgIpc) is 2.46. The van der Waals surface area contributed by atoms with Gasteiger partial charge in [0.15, 0.2) is 5.78 Å². The zero-order valence-corrected chi connectivity index (χ0v) is 11.1. The molecule has 0 radical (unpaired) electrons. The zero-order chi connectivity index (χ0) is 13.7. The molecule has 0 unspecified atom stereocenters. The zero-order valence-electron chi connectivity index (χ0n) is 11.1. The SMILES string of the molecule is COc1ccc(-c2ccc(/C=C/C(C)=O)cc2)cc1. The molecule has 0 aliphatic carbocycles. The summed E-state index contributed by atoms with van der Waals surface area (Å²) in [5.74, 6) is 0.906. The number of carbonyl (C=O) groups is 1. The molecular weight excluding hydrogens is 236 g/mol. The normalized spacial score (nSPS) is 10.6. The number of benzene rings is 2. The van der Waals surface area contributed by atoms with Crippen molar-refractivity contribution < 1.29 is 9.53 Å². The Labute approximate surface area is 113 Å². The first kappa shape index (κ1) is 13.1. The molecule has 0 aliphatic heterocycles. The number of ether oxygens (including phenoxy) is 1. The van der Waals surface area contributed by atoms with E-state index in [9.17, 15) is 4.79 Å². The summed E-state index contributed by atoms with van der Waals surface area (Å²) < 4.78 is 5.14. The van der Waals surface area contributed by atoms with Gasteiger partial charge in [-0.25, -0.2) is 0 Å². The fourth-order valence-corrected chi connectivity index (χ4v) is 1.78. The molecule has 2 rings (SSSR count). The fraction of sp³-hybridized carbons (Fsp3) is 0.118. The van der Waals surface area contributed by atoms with Crippen LogP contribution in [0, 0.1) is 0 Å². The van der Waals surface area contributed by atoms with Crippen LogP contribution in [0.1, 0.15) is 12.5 Å². The second kappa shape index (κ2) is 6.01. The van der Waals surface area contributed by atoms with Gasteiger partial charge in [0.05, 0.1) is 7.11 Å². The van der Waals surface area contributed by atoms with E-state index in [0.717, 1.165) is 22.4 Å². The van der Waals surface area contributed by atoms with Gasteiger partial charge in [-0.15, -0.1) is 0 Å². The Morgan fingerprint density at radius 2 is 1.47 bits per heavy atom. The van der Waals surface area contributed by atoms with E-state index in [-0.39, 0.29) is 5.78 Å². The number of carbonyl (C=O) groups excluding carboxylic acids is 1. The molecule has 0 heterocycles. The van der Waals surface area contributed by atoms with Crippen molar-refractivity contribution in [2.24, 2.45) is 0 Å². The van der Waals surface area contributed by atoms with Gasteiger partial charge in [0, 0.05) is 0 Å². The van der Waals surface area contributed by atoms with Crippen molar-refractivity contribution >= 4 is 11.9 Å². The predicted octanol–water partition coefficient (Wildman–Crippen LogP) is 3.96. The average molecular weight is 252 g/mol. The molecule has 0 spiro atoms. The molecule has 2 heteroatoms. The third kappa shape index (κ3) is 3.55. The smallest absolute Gasteiger partial charge is 0.152 e. The molecule has 0 saturated heterocycles. The van der Waals surface area contributed by atoms with Gasteiger partial charge in [0.1, 0.15) is 5.75 Å². The highest BCUT2D eigenvalue weighted by Gasteiger charge is 1.98. The molecule has 0 bridgehead atoms. The molecule has 0 N–H and O–H groups in total. The Kier molecular flexibility index (Phi) is 4.14. The summed E-state index contributed by atoms with van der Waals surface area (Å²) in [6.45, 7) is 1.54. The van der Waals surface area contributed by atoms with Crippen LogP contribution in [-0.2, 0) is 4.79 Å². The van der Waals surface area contributed by atoms with Crippen LogP contribution in [0.4, 0.5) is 0 Å². The number of hydrogen-bond acceptors (Lipinski definition) is 2. The Hall–Kier alpha value is -2.35. The largest absolute Gasteiger partial charge is 0.497 e. The quantitative estimate of drug-likeness (QED) is 0.770. The van der Waals surface area contributed by atoms with Gasteiger partial charge in [-0.05, 0) is 41.8 Å². The van der Waals surface area contributed by atoms with Gasteiger partial charge < -0.3 is 4.74 Å². The fourth-order valence-electron chi connectivity index (χ4n) is 1.78. The minimum Gasteiger partial charge on any atom is -0.497 e. The number of methoxy groups -OCH3 is 1. The summed E-state index contributed by atoms with van der Waals surface area (Å²) in [7, 11) is 1.66. The lowest BCUT2D eigenvalue weighted by atomic mass is 10.0. The molecule has 2 aromatic carbocycles. The van der Waals surface area contributed by atoms with Crippen LogP contribution < -0.4 is 4.74 Å². The highest BCUT2D eigenvalue weighted by atomic mass is 16.5. The van der Waals surface area contributed by atoms with Crippen molar-refractivity contribution in [3.8, 4) is 16.9 Å². The van der Waals surface area contributed by atoms with Crippen molar-refractivity contribution in [1.29, 1.82) is 0 Å². The highest BCUT2D eigenvalue weighted by Crippen LogP contribution is 2.22. The Morgan fingerprint density at radius 3 is 1.95 bits per heavy atom. The molecule has 0 amide bonds. The third-order valence-corrected chi connectivity index (χ3v) is 2.84. The van der Waals surface area contributed by atoms with Crippen LogP contribution >= 0.6 is 0 Å². The first-order chi connectivity index (χ1) is 9.19.